The lowest BCUT2D eigenvalue weighted by Gasteiger charge is -2.10. The molecule has 4 rings (SSSR count). The fourth-order valence-electron chi connectivity index (χ4n) is 2.83. The molecule has 0 saturated carbocycles. The molecule has 10 heteroatoms. The van der Waals surface area contributed by atoms with Gasteiger partial charge in [-0.05, 0) is 43.3 Å². The molecular weight excluding hydrogens is 416 g/mol. The SMILES string of the molecule is CCOC(=O)c1ccccc1NC(=O)CSc1ccc2nnc(-c3ccncc3)n2n1. The third-order valence-electron chi connectivity index (χ3n) is 4.22. The molecule has 0 spiro atoms. The summed E-state index contributed by atoms with van der Waals surface area (Å²) >= 11 is 1.27. The minimum absolute atomic E-state index is 0.113. The van der Waals surface area contributed by atoms with Gasteiger partial charge in [0.05, 0.1) is 23.6 Å². The molecule has 3 heterocycles. The van der Waals surface area contributed by atoms with Gasteiger partial charge in [0.25, 0.3) is 0 Å². The average Bonchev–Trinajstić information content (AvgIpc) is 3.22. The Labute approximate surface area is 181 Å². The van der Waals surface area contributed by atoms with Gasteiger partial charge in [0, 0.05) is 18.0 Å². The zero-order valence-corrected chi connectivity index (χ0v) is 17.4. The lowest BCUT2D eigenvalue weighted by molar-refractivity contribution is -0.113. The number of ether oxygens (including phenoxy) is 1. The first-order valence-electron chi connectivity index (χ1n) is 9.47. The largest absolute Gasteiger partial charge is 0.462 e. The van der Waals surface area contributed by atoms with Gasteiger partial charge >= 0.3 is 5.97 Å². The number of carbonyl (C=O) groups is 2. The summed E-state index contributed by atoms with van der Waals surface area (Å²) in [6.45, 7) is 1.99. The first-order valence-corrected chi connectivity index (χ1v) is 10.5. The number of nitrogens with zero attached hydrogens (tertiary/aromatic N) is 5. The predicted octanol–water partition coefficient (Wildman–Crippen LogP) is 3.09. The first-order chi connectivity index (χ1) is 15.2. The van der Waals surface area contributed by atoms with Crippen molar-refractivity contribution in [3.05, 3.63) is 66.5 Å². The number of benzene rings is 1. The number of carbonyl (C=O) groups excluding carboxylic acids is 2. The standard InChI is InChI=1S/C21H18N6O3S/c1-2-30-21(29)15-5-3-4-6-16(15)23-18(28)13-31-19-8-7-17-24-25-20(27(17)26-19)14-9-11-22-12-10-14/h3-12H,2,13H2,1H3,(H,23,28). The Hall–Kier alpha value is -3.79. The number of pyridine rings is 1. The van der Waals surface area contributed by atoms with Crippen molar-refractivity contribution in [2.24, 2.45) is 0 Å². The Morgan fingerprint density at radius 3 is 2.68 bits per heavy atom. The molecule has 9 nitrogen and oxygen atoms in total. The van der Waals surface area contributed by atoms with Crippen molar-refractivity contribution in [3.8, 4) is 11.4 Å². The molecule has 1 aromatic carbocycles. The lowest BCUT2D eigenvalue weighted by atomic mass is 10.2. The predicted molar refractivity (Wildman–Crippen MR) is 116 cm³/mol. The van der Waals surface area contributed by atoms with Crippen molar-refractivity contribution in [1.82, 2.24) is 24.8 Å². The van der Waals surface area contributed by atoms with Gasteiger partial charge in [-0.15, -0.1) is 10.2 Å². The third-order valence-corrected chi connectivity index (χ3v) is 5.14. The first kappa shape index (κ1) is 20.5. The van der Waals surface area contributed by atoms with E-state index in [1.165, 1.54) is 11.8 Å². The number of amides is 1. The summed E-state index contributed by atoms with van der Waals surface area (Å²) in [4.78, 5) is 28.5. The van der Waals surface area contributed by atoms with Crippen molar-refractivity contribution in [1.29, 1.82) is 0 Å². The summed E-state index contributed by atoms with van der Waals surface area (Å²) < 4.78 is 6.67. The molecule has 0 saturated heterocycles. The maximum atomic E-state index is 12.5. The van der Waals surface area contributed by atoms with Crippen molar-refractivity contribution in [2.75, 3.05) is 17.7 Å². The van der Waals surface area contributed by atoms with Crippen molar-refractivity contribution in [2.45, 2.75) is 11.9 Å². The molecule has 31 heavy (non-hydrogen) atoms. The fraction of sp³-hybridized carbons (Fsp3) is 0.143. The average molecular weight is 434 g/mol. The van der Waals surface area contributed by atoms with Gasteiger partial charge in [0.15, 0.2) is 11.5 Å². The molecule has 0 atom stereocenters. The Kier molecular flexibility index (Phi) is 6.18. The monoisotopic (exact) mass is 434 g/mol. The molecule has 0 radical (unpaired) electrons. The van der Waals surface area contributed by atoms with Crippen LogP contribution in [-0.2, 0) is 9.53 Å². The Balaban J connectivity index is 1.46. The molecule has 0 bridgehead atoms. The molecule has 3 aromatic heterocycles. The van der Waals surface area contributed by atoms with E-state index in [2.05, 4.69) is 25.6 Å². The van der Waals surface area contributed by atoms with Crippen LogP contribution < -0.4 is 5.32 Å². The molecule has 0 aliphatic heterocycles. The summed E-state index contributed by atoms with van der Waals surface area (Å²) in [5.74, 6) is -0.0357. The van der Waals surface area contributed by atoms with E-state index in [0.29, 0.717) is 27.7 Å². The highest BCUT2D eigenvalue weighted by atomic mass is 32.2. The topological polar surface area (TPSA) is 111 Å². The van der Waals surface area contributed by atoms with Gasteiger partial charge in [-0.25, -0.2) is 4.79 Å². The molecule has 0 aliphatic rings. The summed E-state index contributed by atoms with van der Waals surface area (Å²) in [5, 5.41) is 16.3. The number of rotatable bonds is 7. The molecular formula is C21H18N6O3S. The van der Waals surface area contributed by atoms with Crippen molar-refractivity contribution >= 4 is 35.0 Å². The van der Waals surface area contributed by atoms with Crippen molar-refractivity contribution < 1.29 is 14.3 Å². The minimum Gasteiger partial charge on any atom is -0.462 e. The Morgan fingerprint density at radius 1 is 1.06 bits per heavy atom. The second kappa shape index (κ2) is 9.35. The van der Waals surface area contributed by atoms with Crippen LogP contribution in [0.15, 0.2) is 66.0 Å². The van der Waals surface area contributed by atoms with Gasteiger partial charge < -0.3 is 10.1 Å². The van der Waals surface area contributed by atoms with Crippen molar-refractivity contribution in [3.63, 3.8) is 0 Å². The van der Waals surface area contributed by atoms with Gasteiger partial charge in [-0.2, -0.15) is 9.61 Å². The summed E-state index contributed by atoms with van der Waals surface area (Å²) in [6, 6.07) is 14.0. The number of thioether (sulfide) groups is 1. The fourth-order valence-corrected chi connectivity index (χ4v) is 3.49. The van der Waals surface area contributed by atoms with E-state index < -0.39 is 5.97 Å². The normalized spacial score (nSPS) is 10.7. The molecule has 1 amide bonds. The maximum Gasteiger partial charge on any atom is 0.340 e. The number of hydrogen-bond donors (Lipinski definition) is 1. The van der Waals surface area contributed by atoms with E-state index in [-0.39, 0.29) is 18.3 Å². The highest BCUT2D eigenvalue weighted by Gasteiger charge is 2.15. The van der Waals surface area contributed by atoms with E-state index in [1.807, 2.05) is 12.1 Å². The molecule has 0 fully saturated rings. The third kappa shape index (κ3) is 4.69. The van der Waals surface area contributed by atoms with E-state index in [1.54, 1.807) is 60.2 Å². The van der Waals surface area contributed by atoms with Gasteiger partial charge in [-0.3, -0.25) is 9.78 Å². The smallest absolute Gasteiger partial charge is 0.340 e. The van der Waals surface area contributed by atoms with Gasteiger partial charge in [0.1, 0.15) is 5.03 Å². The summed E-state index contributed by atoms with van der Waals surface area (Å²) in [6.07, 6.45) is 3.35. The zero-order chi connectivity index (χ0) is 21.6. The van der Waals surface area contributed by atoms with Crippen LogP contribution >= 0.6 is 11.8 Å². The van der Waals surface area contributed by atoms with Crippen LogP contribution in [0.2, 0.25) is 0 Å². The highest BCUT2D eigenvalue weighted by Crippen LogP contribution is 2.21. The maximum absolute atomic E-state index is 12.5. The van der Waals surface area contributed by atoms with E-state index in [4.69, 9.17) is 4.74 Å². The Morgan fingerprint density at radius 2 is 1.87 bits per heavy atom. The van der Waals surface area contributed by atoms with Gasteiger partial charge in [0.2, 0.25) is 5.91 Å². The van der Waals surface area contributed by atoms with Crippen LogP contribution in [-0.4, -0.2) is 49.0 Å². The summed E-state index contributed by atoms with van der Waals surface area (Å²) in [5.41, 5.74) is 2.16. The molecule has 156 valence electrons. The van der Waals surface area contributed by atoms with E-state index >= 15 is 0 Å². The Bertz CT molecular complexity index is 1230. The quantitative estimate of drug-likeness (QED) is 0.349. The number of esters is 1. The van der Waals surface area contributed by atoms with Crippen LogP contribution in [0.3, 0.4) is 0 Å². The van der Waals surface area contributed by atoms with Gasteiger partial charge in [-0.1, -0.05) is 23.9 Å². The number of fused-ring (bicyclic) bond motifs is 1. The van der Waals surface area contributed by atoms with Crippen LogP contribution in [0.25, 0.3) is 17.0 Å². The van der Waals surface area contributed by atoms with E-state index in [0.717, 1.165) is 5.56 Å². The summed E-state index contributed by atoms with van der Waals surface area (Å²) in [7, 11) is 0. The zero-order valence-electron chi connectivity index (χ0n) is 16.6. The highest BCUT2D eigenvalue weighted by molar-refractivity contribution is 7.99. The second-order valence-electron chi connectivity index (χ2n) is 6.30. The van der Waals surface area contributed by atoms with Crippen LogP contribution in [0.4, 0.5) is 5.69 Å². The molecule has 0 aliphatic carbocycles. The van der Waals surface area contributed by atoms with E-state index in [9.17, 15) is 9.59 Å². The number of anilines is 1. The minimum atomic E-state index is -0.477. The van der Waals surface area contributed by atoms with Crippen LogP contribution in [0, 0.1) is 0 Å². The lowest BCUT2D eigenvalue weighted by Crippen LogP contribution is -2.17. The molecule has 4 aromatic rings. The molecule has 1 N–H and O–H groups in total. The number of aromatic nitrogens is 5. The van der Waals surface area contributed by atoms with Crippen LogP contribution in [0.5, 0.6) is 0 Å². The second-order valence-corrected chi connectivity index (χ2v) is 7.30. The number of nitrogens with one attached hydrogen (secondary N) is 1. The van der Waals surface area contributed by atoms with Crippen LogP contribution in [0.1, 0.15) is 17.3 Å². The molecule has 0 unspecified atom stereocenters. The number of hydrogen-bond acceptors (Lipinski definition) is 8. The number of para-hydroxylation sites is 1.